The third-order valence-corrected chi connectivity index (χ3v) is 7.57. The zero-order chi connectivity index (χ0) is 25.6. The van der Waals surface area contributed by atoms with Gasteiger partial charge in [-0.15, -0.1) is 0 Å². The van der Waals surface area contributed by atoms with Crippen molar-refractivity contribution in [2.24, 2.45) is 0 Å². The van der Waals surface area contributed by atoms with Crippen LogP contribution in [0.2, 0.25) is 5.02 Å². The average molecular weight is 517 g/mol. The first-order valence-corrected chi connectivity index (χ1v) is 12.7. The number of nitrogens with one attached hydrogen (secondary N) is 1. The Bertz CT molecular complexity index is 1430. The first-order chi connectivity index (χ1) is 17.3. The van der Waals surface area contributed by atoms with E-state index in [2.05, 4.69) is 71.7 Å². The molecule has 1 N–H and O–H groups in total. The lowest BCUT2D eigenvalue weighted by atomic mass is 9.96. The first-order valence-electron chi connectivity index (χ1n) is 11.9. The number of hydrogen-bond acceptors (Lipinski definition) is 3. The van der Waals surface area contributed by atoms with Crippen molar-refractivity contribution in [1.82, 2.24) is 14.9 Å². The van der Waals surface area contributed by atoms with E-state index >= 15 is 0 Å². The summed E-state index contributed by atoms with van der Waals surface area (Å²) in [5.74, 6) is 0.629. The zero-order valence-corrected chi connectivity index (χ0v) is 22.6. The molecule has 2 aromatic heterocycles. The van der Waals surface area contributed by atoms with E-state index in [1.807, 2.05) is 42.6 Å². The van der Waals surface area contributed by atoms with Gasteiger partial charge in [0.2, 0.25) is 0 Å². The van der Waals surface area contributed by atoms with Gasteiger partial charge in [-0.3, -0.25) is 4.98 Å². The fourth-order valence-corrected chi connectivity index (χ4v) is 5.94. The van der Waals surface area contributed by atoms with Gasteiger partial charge in [0.25, 0.3) is 0 Å². The van der Waals surface area contributed by atoms with Crippen LogP contribution in [0, 0.1) is 27.7 Å². The van der Waals surface area contributed by atoms with Crippen molar-refractivity contribution in [3.63, 3.8) is 0 Å². The molecule has 2 atom stereocenters. The molecule has 0 spiro atoms. The van der Waals surface area contributed by atoms with Gasteiger partial charge in [0.15, 0.2) is 5.11 Å². The van der Waals surface area contributed by atoms with Crippen LogP contribution in [-0.2, 0) is 0 Å². The van der Waals surface area contributed by atoms with E-state index in [-0.39, 0.29) is 12.1 Å². The van der Waals surface area contributed by atoms with E-state index in [1.54, 1.807) is 7.11 Å². The van der Waals surface area contributed by atoms with Crippen LogP contribution in [0.5, 0.6) is 5.75 Å². The summed E-state index contributed by atoms with van der Waals surface area (Å²) in [6.07, 6.45) is 1.82. The lowest BCUT2D eigenvalue weighted by molar-refractivity contribution is 0.415. The molecule has 184 valence electrons. The van der Waals surface area contributed by atoms with Crippen molar-refractivity contribution in [2.45, 2.75) is 39.8 Å². The number of anilines is 1. The van der Waals surface area contributed by atoms with Crippen molar-refractivity contribution in [2.75, 3.05) is 12.0 Å². The second kappa shape index (κ2) is 9.60. The Morgan fingerprint density at radius 1 is 0.972 bits per heavy atom. The highest BCUT2D eigenvalue weighted by Gasteiger charge is 2.42. The quantitative estimate of drug-likeness (QED) is 0.291. The van der Waals surface area contributed by atoms with Gasteiger partial charge in [-0.25, -0.2) is 0 Å². The topological polar surface area (TPSA) is 42.3 Å². The van der Waals surface area contributed by atoms with Crippen molar-refractivity contribution in [3.8, 4) is 11.4 Å². The number of halogens is 1. The second-order valence-electron chi connectivity index (χ2n) is 9.22. The highest BCUT2D eigenvalue weighted by Crippen LogP contribution is 2.45. The van der Waals surface area contributed by atoms with Gasteiger partial charge < -0.3 is 19.5 Å². The number of methoxy groups -OCH3 is 1. The van der Waals surface area contributed by atoms with Gasteiger partial charge in [0.1, 0.15) is 5.75 Å². The molecule has 36 heavy (non-hydrogen) atoms. The van der Waals surface area contributed by atoms with E-state index in [0.717, 1.165) is 11.4 Å². The summed E-state index contributed by atoms with van der Waals surface area (Å²) < 4.78 is 7.75. The summed E-state index contributed by atoms with van der Waals surface area (Å²) in [6, 6.07) is 20.2. The SMILES string of the molecule is COc1ccc(N2C(=S)NC(c3ccccn3)C2c2cc(C)n(-c3c(C)cccc3C)c2C)cc1Cl. The number of thiocarbonyl (C=S) groups is 1. The fourth-order valence-electron chi connectivity index (χ4n) is 5.34. The van der Waals surface area contributed by atoms with E-state index in [1.165, 1.54) is 33.8 Å². The number of benzene rings is 2. The minimum absolute atomic E-state index is 0.124. The predicted molar refractivity (Wildman–Crippen MR) is 151 cm³/mol. The number of hydrogen-bond donors (Lipinski definition) is 1. The molecule has 0 aliphatic carbocycles. The van der Waals surface area contributed by atoms with E-state index < -0.39 is 0 Å². The molecule has 2 unspecified atom stereocenters. The van der Waals surface area contributed by atoms with Gasteiger partial charge in [0.05, 0.1) is 35.6 Å². The van der Waals surface area contributed by atoms with Crippen LogP contribution in [-0.4, -0.2) is 21.8 Å². The third-order valence-electron chi connectivity index (χ3n) is 6.96. The van der Waals surface area contributed by atoms with Gasteiger partial charge >= 0.3 is 0 Å². The molecule has 0 saturated carbocycles. The van der Waals surface area contributed by atoms with Crippen LogP contribution in [0.4, 0.5) is 5.69 Å². The maximum absolute atomic E-state index is 6.55. The van der Waals surface area contributed by atoms with Crippen molar-refractivity contribution in [1.29, 1.82) is 0 Å². The third kappa shape index (κ3) is 4.04. The summed E-state index contributed by atoms with van der Waals surface area (Å²) in [7, 11) is 1.62. The average Bonchev–Trinajstić information content (AvgIpc) is 3.35. The van der Waals surface area contributed by atoms with Gasteiger partial charge in [-0.05, 0) is 93.0 Å². The lowest BCUT2D eigenvalue weighted by Gasteiger charge is -2.28. The van der Waals surface area contributed by atoms with Crippen LogP contribution in [0.3, 0.4) is 0 Å². The molecule has 3 heterocycles. The predicted octanol–water partition coefficient (Wildman–Crippen LogP) is 6.95. The minimum Gasteiger partial charge on any atom is -0.495 e. The molecule has 7 heteroatoms. The Balaban J connectivity index is 1.71. The minimum atomic E-state index is -0.133. The Labute approximate surface area is 222 Å². The molecule has 0 bridgehead atoms. The normalized spacial score (nSPS) is 17.4. The fraction of sp³-hybridized carbons (Fsp3) is 0.241. The maximum Gasteiger partial charge on any atom is 0.174 e. The molecule has 1 aliphatic rings. The molecule has 0 amide bonds. The standard InChI is InChI=1S/C29H29ClN4OS/c1-17-9-8-10-18(2)27(17)33-19(3)15-22(20(33)4)28-26(24-11-6-7-14-31-24)32-29(36)34(28)21-12-13-25(35-5)23(30)16-21/h6-16,26,28H,1-5H3,(H,32,36). The van der Waals surface area contributed by atoms with Crippen LogP contribution in [0.1, 0.15) is 45.9 Å². The monoisotopic (exact) mass is 516 g/mol. The van der Waals surface area contributed by atoms with E-state index in [9.17, 15) is 0 Å². The lowest BCUT2D eigenvalue weighted by Crippen LogP contribution is -2.29. The van der Waals surface area contributed by atoms with Gasteiger partial charge in [0, 0.05) is 23.3 Å². The number of pyridine rings is 1. The number of aryl methyl sites for hydroxylation is 3. The molecule has 1 aliphatic heterocycles. The highest BCUT2D eigenvalue weighted by atomic mass is 35.5. The number of ether oxygens (including phenoxy) is 1. The van der Waals surface area contributed by atoms with Crippen LogP contribution in [0.15, 0.2) is 66.9 Å². The Hall–Kier alpha value is -3.35. The van der Waals surface area contributed by atoms with Crippen LogP contribution in [0.25, 0.3) is 5.69 Å². The summed E-state index contributed by atoms with van der Waals surface area (Å²) in [5, 5.41) is 4.72. The van der Waals surface area contributed by atoms with Crippen molar-refractivity contribution < 1.29 is 4.74 Å². The molecule has 0 radical (unpaired) electrons. The maximum atomic E-state index is 6.55. The molecule has 5 nitrogen and oxygen atoms in total. The van der Waals surface area contributed by atoms with E-state index in [0.29, 0.717) is 15.9 Å². The second-order valence-corrected chi connectivity index (χ2v) is 10.0. The summed E-state index contributed by atoms with van der Waals surface area (Å²) >= 11 is 12.5. The highest BCUT2D eigenvalue weighted by molar-refractivity contribution is 7.80. The summed E-state index contributed by atoms with van der Waals surface area (Å²) in [5.41, 5.74) is 9.07. The molecule has 4 aromatic rings. The molecule has 1 fully saturated rings. The Morgan fingerprint density at radius 3 is 2.36 bits per heavy atom. The largest absolute Gasteiger partial charge is 0.495 e. The zero-order valence-electron chi connectivity index (χ0n) is 21.0. The Morgan fingerprint density at radius 2 is 1.72 bits per heavy atom. The van der Waals surface area contributed by atoms with Crippen molar-refractivity contribution >= 4 is 34.6 Å². The molecule has 2 aromatic carbocycles. The summed E-state index contributed by atoms with van der Waals surface area (Å²) in [4.78, 5) is 6.84. The summed E-state index contributed by atoms with van der Waals surface area (Å²) in [6.45, 7) is 8.67. The number of para-hydroxylation sites is 1. The van der Waals surface area contributed by atoms with Crippen LogP contribution >= 0.6 is 23.8 Å². The molecular weight excluding hydrogens is 488 g/mol. The van der Waals surface area contributed by atoms with E-state index in [4.69, 9.17) is 28.6 Å². The molecule has 1 saturated heterocycles. The molecule has 5 rings (SSSR count). The van der Waals surface area contributed by atoms with Crippen LogP contribution < -0.4 is 15.0 Å². The number of rotatable bonds is 5. The Kier molecular flexibility index (Phi) is 6.49. The van der Waals surface area contributed by atoms with Gasteiger partial charge in [-0.1, -0.05) is 35.9 Å². The van der Waals surface area contributed by atoms with Gasteiger partial charge in [-0.2, -0.15) is 0 Å². The molecular formula is C29H29ClN4OS. The number of nitrogens with zero attached hydrogens (tertiary/aromatic N) is 3. The number of aromatic nitrogens is 2. The first kappa shape index (κ1) is 24.3. The smallest absolute Gasteiger partial charge is 0.174 e. The van der Waals surface area contributed by atoms with Crippen molar-refractivity contribution in [3.05, 3.63) is 106 Å².